The molecule has 1 heterocycles. The Morgan fingerprint density at radius 2 is 2.17 bits per heavy atom. The smallest absolute Gasteiger partial charge is 0.122 e. The quantitative estimate of drug-likeness (QED) is 0.914. The van der Waals surface area contributed by atoms with Crippen LogP contribution in [-0.4, -0.2) is 36.4 Å². The Bertz CT molecular complexity index is 414. The fourth-order valence-electron chi connectivity index (χ4n) is 2.24. The van der Waals surface area contributed by atoms with Crippen LogP contribution in [0.1, 0.15) is 22.8 Å². The number of thioether (sulfide) groups is 1. The molecule has 0 radical (unpaired) electrons. The molecule has 3 nitrogen and oxygen atoms in total. The molecule has 0 saturated carbocycles. The molecule has 1 saturated heterocycles. The minimum atomic E-state index is -0.553. The number of methoxy groups -OCH3 is 1. The van der Waals surface area contributed by atoms with Crippen LogP contribution >= 0.6 is 11.8 Å². The lowest BCUT2D eigenvalue weighted by molar-refractivity contribution is -0.0230. The minimum absolute atomic E-state index is 0.102. The number of aliphatic hydroxyl groups is 1. The van der Waals surface area contributed by atoms with E-state index in [1.165, 1.54) is 0 Å². The second-order valence-electron chi connectivity index (χ2n) is 4.61. The summed E-state index contributed by atoms with van der Waals surface area (Å²) < 4.78 is 10.9. The largest absolute Gasteiger partial charge is 0.496 e. The van der Waals surface area contributed by atoms with E-state index in [0.29, 0.717) is 0 Å². The monoisotopic (exact) mass is 268 g/mol. The van der Waals surface area contributed by atoms with E-state index in [2.05, 4.69) is 0 Å². The molecule has 1 aromatic rings. The maximum absolute atomic E-state index is 10.4. The van der Waals surface area contributed by atoms with E-state index in [9.17, 15) is 5.11 Å². The van der Waals surface area contributed by atoms with Crippen molar-refractivity contribution >= 4 is 11.8 Å². The van der Waals surface area contributed by atoms with E-state index in [4.69, 9.17) is 9.47 Å². The molecule has 1 aliphatic rings. The van der Waals surface area contributed by atoms with Crippen molar-refractivity contribution in [3.63, 3.8) is 0 Å². The highest BCUT2D eigenvalue weighted by Crippen LogP contribution is 2.31. The highest BCUT2D eigenvalue weighted by Gasteiger charge is 2.26. The van der Waals surface area contributed by atoms with Gasteiger partial charge in [-0.25, -0.2) is 0 Å². The molecule has 4 heteroatoms. The van der Waals surface area contributed by atoms with E-state index in [1.54, 1.807) is 7.11 Å². The average Bonchev–Trinajstić information content (AvgIpc) is 2.41. The van der Waals surface area contributed by atoms with Crippen LogP contribution in [0.5, 0.6) is 5.75 Å². The van der Waals surface area contributed by atoms with Crippen molar-refractivity contribution in [2.75, 3.05) is 25.2 Å². The summed E-state index contributed by atoms with van der Waals surface area (Å²) in [6, 6.07) is 3.98. The zero-order valence-electron chi connectivity index (χ0n) is 11.1. The van der Waals surface area contributed by atoms with Crippen molar-refractivity contribution in [2.24, 2.45) is 0 Å². The van der Waals surface area contributed by atoms with Gasteiger partial charge in [-0.3, -0.25) is 0 Å². The lowest BCUT2D eigenvalue weighted by Gasteiger charge is -2.28. The van der Waals surface area contributed by atoms with Gasteiger partial charge < -0.3 is 14.6 Å². The third-order valence-corrected chi connectivity index (χ3v) is 4.32. The first-order chi connectivity index (χ1) is 8.63. The fourth-order valence-corrected chi connectivity index (χ4v) is 3.13. The molecule has 1 N–H and O–H groups in total. The van der Waals surface area contributed by atoms with Crippen LogP contribution in [0.25, 0.3) is 0 Å². The summed E-state index contributed by atoms with van der Waals surface area (Å²) in [4.78, 5) is 0. The molecule has 2 atom stereocenters. The number of aliphatic hydroxyl groups excluding tert-OH is 1. The zero-order valence-corrected chi connectivity index (χ0v) is 11.9. The molecule has 0 amide bonds. The Kier molecular flexibility index (Phi) is 4.54. The molecule has 1 aliphatic heterocycles. The lowest BCUT2D eigenvalue weighted by atomic mass is 9.97. The molecule has 100 valence electrons. The summed E-state index contributed by atoms with van der Waals surface area (Å²) in [6.07, 6.45) is -0.655. The predicted octanol–water partition coefficient (Wildman–Crippen LogP) is 2.48. The molecule has 2 unspecified atom stereocenters. The number of ether oxygens (including phenoxy) is 2. The first kappa shape index (κ1) is 13.7. The molecule has 0 spiro atoms. The van der Waals surface area contributed by atoms with Crippen LogP contribution in [0, 0.1) is 13.8 Å². The average molecular weight is 268 g/mol. The van der Waals surface area contributed by atoms with E-state index in [1.807, 2.05) is 37.7 Å². The summed E-state index contributed by atoms with van der Waals surface area (Å²) in [5.41, 5.74) is 3.03. The number of hydrogen-bond acceptors (Lipinski definition) is 4. The second-order valence-corrected chi connectivity index (χ2v) is 5.76. The molecule has 0 aromatic heterocycles. The van der Waals surface area contributed by atoms with Crippen LogP contribution in [0.2, 0.25) is 0 Å². The summed E-state index contributed by atoms with van der Waals surface area (Å²) in [7, 11) is 1.67. The van der Waals surface area contributed by atoms with Crippen molar-refractivity contribution in [2.45, 2.75) is 26.1 Å². The molecule has 2 rings (SSSR count). The van der Waals surface area contributed by atoms with Crippen molar-refractivity contribution in [1.29, 1.82) is 0 Å². The van der Waals surface area contributed by atoms with Crippen LogP contribution in [0.3, 0.4) is 0 Å². The SMILES string of the molecule is COc1cc(C)c(C(O)C2CSCCO2)cc1C. The maximum atomic E-state index is 10.4. The van der Waals surface area contributed by atoms with Crippen LogP contribution in [0.4, 0.5) is 0 Å². The van der Waals surface area contributed by atoms with Crippen molar-refractivity contribution < 1.29 is 14.6 Å². The van der Waals surface area contributed by atoms with Gasteiger partial charge in [0, 0.05) is 11.5 Å². The minimum Gasteiger partial charge on any atom is -0.496 e. The van der Waals surface area contributed by atoms with Gasteiger partial charge in [0.25, 0.3) is 0 Å². The second kappa shape index (κ2) is 5.95. The molecule has 0 bridgehead atoms. The highest BCUT2D eigenvalue weighted by molar-refractivity contribution is 7.99. The van der Waals surface area contributed by atoms with Crippen molar-refractivity contribution in [3.8, 4) is 5.75 Å². The first-order valence-corrected chi connectivity index (χ1v) is 7.31. The Balaban J connectivity index is 2.23. The predicted molar refractivity (Wildman–Crippen MR) is 74.5 cm³/mol. The molecule has 1 fully saturated rings. The lowest BCUT2D eigenvalue weighted by Crippen LogP contribution is -2.30. The topological polar surface area (TPSA) is 38.7 Å². The molecular weight excluding hydrogens is 248 g/mol. The van der Waals surface area contributed by atoms with Gasteiger partial charge in [-0.05, 0) is 42.7 Å². The van der Waals surface area contributed by atoms with Gasteiger partial charge in [-0.15, -0.1) is 0 Å². The Morgan fingerprint density at radius 1 is 1.39 bits per heavy atom. The first-order valence-electron chi connectivity index (χ1n) is 6.16. The van der Waals surface area contributed by atoms with Crippen molar-refractivity contribution in [3.05, 3.63) is 28.8 Å². The summed E-state index contributed by atoms with van der Waals surface area (Å²) in [5.74, 6) is 2.73. The van der Waals surface area contributed by atoms with Gasteiger partial charge in [0.15, 0.2) is 0 Å². The standard InChI is InChI=1S/C14H20O3S/c1-9-7-12(16-3)10(2)6-11(9)14(15)13-8-18-5-4-17-13/h6-7,13-15H,4-5,8H2,1-3H3. The summed E-state index contributed by atoms with van der Waals surface area (Å²) >= 11 is 1.83. The van der Waals surface area contributed by atoms with Gasteiger partial charge in [0.1, 0.15) is 11.9 Å². The number of aryl methyl sites for hydroxylation is 2. The Morgan fingerprint density at radius 3 is 2.78 bits per heavy atom. The maximum Gasteiger partial charge on any atom is 0.122 e. The zero-order chi connectivity index (χ0) is 13.1. The summed E-state index contributed by atoms with van der Waals surface area (Å²) in [6.45, 7) is 4.71. The van der Waals surface area contributed by atoms with Crippen LogP contribution < -0.4 is 4.74 Å². The number of benzene rings is 1. The van der Waals surface area contributed by atoms with Gasteiger partial charge in [0.2, 0.25) is 0 Å². The van der Waals surface area contributed by atoms with Crippen LogP contribution in [-0.2, 0) is 4.74 Å². The van der Waals surface area contributed by atoms with E-state index < -0.39 is 6.10 Å². The van der Waals surface area contributed by atoms with Gasteiger partial charge in [-0.2, -0.15) is 11.8 Å². The van der Waals surface area contributed by atoms with Crippen LogP contribution in [0.15, 0.2) is 12.1 Å². The van der Waals surface area contributed by atoms with E-state index in [-0.39, 0.29) is 6.10 Å². The third kappa shape index (κ3) is 2.82. The number of hydrogen-bond donors (Lipinski definition) is 1. The van der Waals surface area contributed by atoms with Gasteiger partial charge in [-0.1, -0.05) is 0 Å². The fraction of sp³-hybridized carbons (Fsp3) is 0.571. The Labute approximate surface area is 112 Å². The van der Waals surface area contributed by atoms with E-state index in [0.717, 1.165) is 40.6 Å². The van der Waals surface area contributed by atoms with Crippen molar-refractivity contribution in [1.82, 2.24) is 0 Å². The molecule has 0 aliphatic carbocycles. The molecule has 18 heavy (non-hydrogen) atoms. The van der Waals surface area contributed by atoms with Gasteiger partial charge >= 0.3 is 0 Å². The van der Waals surface area contributed by atoms with Gasteiger partial charge in [0.05, 0.1) is 19.8 Å². The normalized spacial score (nSPS) is 21.7. The molecule has 1 aromatic carbocycles. The summed E-state index contributed by atoms with van der Waals surface area (Å²) in [5, 5.41) is 10.4. The third-order valence-electron chi connectivity index (χ3n) is 3.30. The highest BCUT2D eigenvalue weighted by atomic mass is 32.2. The number of rotatable bonds is 3. The molecular formula is C14H20O3S. The Hall–Kier alpha value is -0.710. The van der Waals surface area contributed by atoms with E-state index >= 15 is 0 Å².